The SMILES string of the molecule is NCCN.NCCN.NCCN.[NH-]c1ccc(S(=O)(=O)Nc2ncccn2)cc1.[NH-]c1ccc(S(=O)(=O)Nc2ncccn2)cc1.[Zn+2]. The summed E-state index contributed by atoms with van der Waals surface area (Å²) in [5.74, 6) is 0.0323. The van der Waals surface area contributed by atoms with Crippen LogP contribution >= 0.6 is 0 Å². The van der Waals surface area contributed by atoms with E-state index in [0.717, 1.165) is 0 Å². The van der Waals surface area contributed by atoms with Gasteiger partial charge in [-0.2, -0.15) is 0 Å². The summed E-state index contributed by atoms with van der Waals surface area (Å²) in [7, 11) is -7.38. The largest absolute Gasteiger partial charge is 2.00 e. The van der Waals surface area contributed by atoms with Gasteiger partial charge in [-0.25, -0.2) is 46.2 Å². The first-order valence-corrected chi connectivity index (χ1v) is 16.3. The Labute approximate surface area is 288 Å². The Kier molecular flexibility index (Phi) is 25.2. The Bertz CT molecular complexity index is 1410. The Hall–Kier alpha value is -3.92. The summed E-state index contributed by atoms with van der Waals surface area (Å²) in [6.45, 7) is 3.58. The van der Waals surface area contributed by atoms with E-state index in [1.165, 1.54) is 73.3 Å². The molecule has 0 amide bonds. The van der Waals surface area contributed by atoms with E-state index in [9.17, 15) is 16.8 Å². The number of nitrogens with zero attached hydrogens (tertiary/aromatic N) is 4. The van der Waals surface area contributed by atoms with Gasteiger partial charge in [-0.1, -0.05) is 24.3 Å². The van der Waals surface area contributed by atoms with Crippen molar-refractivity contribution in [1.29, 1.82) is 0 Å². The molecule has 0 saturated heterocycles. The van der Waals surface area contributed by atoms with Crippen LogP contribution in [0.3, 0.4) is 0 Å². The summed E-state index contributed by atoms with van der Waals surface area (Å²) in [5.41, 5.74) is 44.5. The molecule has 0 aliphatic rings. The van der Waals surface area contributed by atoms with Crippen LogP contribution in [-0.2, 0) is 39.5 Å². The molecule has 0 spiro atoms. The molecule has 0 radical (unpaired) electrons. The number of benzene rings is 2. The van der Waals surface area contributed by atoms with E-state index in [-0.39, 0.29) is 52.5 Å². The summed E-state index contributed by atoms with van der Waals surface area (Å²) in [5, 5.41) is 0. The van der Waals surface area contributed by atoms with Crippen LogP contribution < -0.4 is 43.8 Å². The Morgan fingerprint density at radius 2 is 0.723 bits per heavy atom. The predicted octanol–water partition coefficient (Wildman–Crippen LogP) is 0.631. The topological polar surface area (TPSA) is 348 Å². The van der Waals surface area contributed by atoms with Gasteiger partial charge in [0.05, 0.1) is 9.79 Å². The second kappa shape index (κ2) is 26.2. The zero-order chi connectivity index (χ0) is 34.8. The van der Waals surface area contributed by atoms with Crippen molar-refractivity contribution in [2.75, 3.05) is 48.7 Å². The van der Waals surface area contributed by atoms with Gasteiger partial charge in [0.25, 0.3) is 20.0 Å². The number of nitrogens with one attached hydrogen (secondary N) is 4. The minimum atomic E-state index is -3.69. The molecule has 16 N–H and O–H groups in total. The standard InChI is InChI=1S/2C10H9N4O2S.3C2H8N2.Zn/c2*11-8-2-4-9(5-3-8)17(15,16)14-10-12-6-1-7-13-10;3*3-1-2-4;/h2*1-7,11H,(H,12,13,14);3*1-4H2;/q2*-1;;;;+2. The van der Waals surface area contributed by atoms with Crippen molar-refractivity contribution in [1.82, 2.24) is 19.9 Å². The maximum atomic E-state index is 11.9. The van der Waals surface area contributed by atoms with Crippen LogP contribution in [0, 0.1) is 0 Å². The molecule has 21 heteroatoms. The Balaban J connectivity index is 0. The van der Waals surface area contributed by atoms with Gasteiger partial charge in [0.1, 0.15) is 0 Å². The van der Waals surface area contributed by atoms with Crippen LogP contribution in [0.2, 0.25) is 0 Å². The number of aromatic nitrogens is 4. The molecule has 4 rings (SSSR count). The first kappa shape index (κ1) is 45.2. The molecule has 0 saturated carbocycles. The monoisotopic (exact) mass is 742 g/mol. The molecule has 0 aliphatic heterocycles. The molecule has 18 nitrogen and oxygen atoms in total. The van der Waals surface area contributed by atoms with E-state index in [1.807, 2.05) is 0 Å². The molecule has 2 heterocycles. The fraction of sp³-hybridized carbons (Fsp3) is 0.231. The fourth-order valence-corrected chi connectivity index (χ4v) is 4.25. The van der Waals surface area contributed by atoms with Gasteiger partial charge in [-0.3, -0.25) is 0 Å². The molecule has 0 unspecified atom stereocenters. The second-order valence-corrected chi connectivity index (χ2v) is 11.5. The van der Waals surface area contributed by atoms with Gasteiger partial charge in [0, 0.05) is 64.1 Å². The molecule has 0 atom stereocenters. The third kappa shape index (κ3) is 20.8. The normalized spacial score (nSPS) is 9.91. The third-order valence-electron chi connectivity index (χ3n) is 4.41. The molecule has 0 bridgehead atoms. The quantitative estimate of drug-likeness (QED) is 0.109. The summed E-state index contributed by atoms with van der Waals surface area (Å²) < 4.78 is 51.9. The molecule has 2 aromatic heterocycles. The van der Waals surface area contributed by atoms with Crippen LogP contribution in [0.5, 0.6) is 0 Å². The van der Waals surface area contributed by atoms with Gasteiger partial charge in [0.15, 0.2) is 0 Å². The second-order valence-electron chi connectivity index (χ2n) is 8.14. The van der Waals surface area contributed by atoms with Crippen molar-refractivity contribution in [2.45, 2.75) is 9.79 Å². The van der Waals surface area contributed by atoms with Crippen LogP contribution in [0.25, 0.3) is 11.5 Å². The predicted molar refractivity (Wildman–Crippen MR) is 181 cm³/mol. The van der Waals surface area contributed by atoms with Gasteiger partial charge in [-0.15, -0.1) is 11.4 Å². The molecular weight excluding hydrogens is 702 g/mol. The first-order valence-electron chi connectivity index (χ1n) is 13.3. The molecule has 2 aromatic carbocycles. The average molecular weight is 744 g/mol. The smallest absolute Gasteiger partial charge is 0.699 e. The van der Waals surface area contributed by atoms with E-state index >= 15 is 0 Å². The van der Waals surface area contributed by atoms with Gasteiger partial charge < -0.3 is 45.9 Å². The molecule has 0 fully saturated rings. The maximum Gasteiger partial charge on any atom is 2.00 e. The Morgan fingerprint density at radius 3 is 0.936 bits per heavy atom. The van der Waals surface area contributed by atoms with Crippen LogP contribution in [-0.4, -0.2) is 76.0 Å². The van der Waals surface area contributed by atoms with Crippen molar-refractivity contribution in [3.05, 3.63) is 96.9 Å². The molecular formula is C26H42N14O4S2Zn. The van der Waals surface area contributed by atoms with E-state index in [0.29, 0.717) is 39.3 Å². The van der Waals surface area contributed by atoms with Crippen molar-refractivity contribution < 1.29 is 36.3 Å². The zero-order valence-electron chi connectivity index (χ0n) is 25.7. The fourth-order valence-electron chi connectivity index (χ4n) is 2.33. The summed E-state index contributed by atoms with van der Waals surface area (Å²) in [4.78, 5) is 15.2. The Morgan fingerprint density at radius 1 is 0.489 bits per heavy atom. The van der Waals surface area contributed by atoms with E-state index in [2.05, 4.69) is 29.4 Å². The van der Waals surface area contributed by atoms with E-state index in [1.54, 1.807) is 12.1 Å². The molecule has 47 heavy (non-hydrogen) atoms. The minimum Gasteiger partial charge on any atom is -0.699 e. The molecule has 254 valence electrons. The van der Waals surface area contributed by atoms with Crippen LogP contribution in [0.1, 0.15) is 0 Å². The summed E-state index contributed by atoms with van der Waals surface area (Å²) >= 11 is 0. The van der Waals surface area contributed by atoms with Crippen LogP contribution in [0.15, 0.2) is 95.2 Å². The van der Waals surface area contributed by atoms with E-state index in [4.69, 9.17) is 45.9 Å². The number of anilines is 2. The summed E-state index contributed by atoms with van der Waals surface area (Å²) in [6.07, 6.45) is 5.77. The van der Waals surface area contributed by atoms with Gasteiger partial charge in [-0.05, 0) is 36.4 Å². The van der Waals surface area contributed by atoms with Crippen molar-refractivity contribution in [2.24, 2.45) is 34.4 Å². The number of nitrogens with two attached hydrogens (primary N) is 6. The maximum absolute atomic E-state index is 11.9. The number of hydrogen-bond acceptors (Lipinski definition) is 14. The molecule has 0 aliphatic carbocycles. The number of hydrogen-bond donors (Lipinski definition) is 8. The van der Waals surface area contributed by atoms with Crippen LogP contribution in [0.4, 0.5) is 23.3 Å². The van der Waals surface area contributed by atoms with Crippen molar-refractivity contribution in [3.8, 4) is 0 Å². The number of rotatable bonds is 9. The first-order chi connectivity index (χ1) is 21.9. The zero-order valence-corrected chi connectivity index (χ0v) is 30.3. The van der Waals surface area contributed by atoms with Crippen molar-refractivity contribution >= 4 is 43.3 Å². The summed E-state index contributed by atoms with van der Waals surface area (Å²) in [6, 6.07) is 14.2. The third-order valence-corrected chi connectivity index (χ3v) is 7.10. The van der Waals surface area contributed by atoms with Gasteiger partial charge >= 0.3 is 19.5 Å². The van der Waals surface area contributed by atoms with Gasteiger partial charge in [0.2, 0.25) is 11.9 Å². The number of sulfonamides is 2. The minimum absolute atomic E-state index is 0. The average Bonchev–Trinajstić information content (AvgIpc) is 3.06. The molecule has 4 aromatic rings. The van der Waals surface area contributed by atoms with E-state index < -0.39 is 20.0 Å². The van der Waals surface area contributed by atoms with Crippen molar-refractivity contribution in [3.63, 3.8) is 0 Å².